The number of aromatic nitrogens is 8. The summed E-state index contributed by atoms with van der Waals surface area (Å²) >= 11 is 0. The number of imide groups is 2. The first-order valence-electron chi connectivity index (χ1n) is 47.5. The number of hydrogen-bond acceptors (Lipinski definition) is 4. The maximum atomic E-state index is 17.9. The van der Waals surface area contributed by atoms with Crippen LogP contribution in [0.15, 0.2) is 425 Å². The maximum Gasteiger partial charge on any atom is 0.268 e. The van der Waals surface area contributed by atoms with Gasteiger partial charge in [0.2, 0.25) is 0 Å². The molecule has 2 aliphatic heterocycles. The van der Waals surface area contributed by atoms with Gasteiger partial charge in [-0.2, -0.15) is 0 Å². The number of anilines is 2. The second kappa shape index (κ2) is 28.8. The van der Waals surface area contributed by atoms with Gasteiger partial charge in [-0.3, -0.25) is 19.2 Å². The molecule has 28 aromatic rings. The van der Waals surface area contributed by atoms with E-state index in [4.69, 9.17) is 0 Å². The second-order valence-electron chi connectivity index (χ2n) is 37.1. The number of amides is 4. The minimum absolute atomic E-state index is 0.233. The molecule has 0 spiro atoms. The molecule has 4 amide bonds. The smallest absolute Gasteiger partial charge is 0.268 e. The Labute approximate surface area is 798 Å². The van der Waals surface area contributed by atoms with Gasteiger partial charge in [0.05, 0.1) is 167 Å². The van der Waals surface area contributed by atoms with E-state index in [0.717, 1.165) is 197 Å². The fourth-order valence-corrected chi connectivity index (χ4v) is 24.5. The van der Waals surface area contributed by atoms with Crippen molar-refractivity contribution in [3.05, 3.63) is 458 Å². The lowest BCUT2D eigenvalue weighted by molar-refractivity contribution is 0.0910. The van der Waals surface area contributed by atoms with Gasteiger partial charge in [-0.15, -0.1) is 0 Å². The highest BCUT2D eigenvalue weighted by Crippen LogP contribution is 2.57. The first-order valence-corrected chi connectivity index (χ1v) is 47.5. The van der Waals surface area contributed by atoms with Crippen molar-refractivity contribution in [1.29, 1.82) is 0 Å². The standard InChI is InChI=1S/C126H76N10O4/c1-73-71-75(127-123(137)111-112(124(127)138)116(130-97-53-21-5-37-81(97)82-38-6-22-54-98(82)130)120(134-105-61-29-13-45-89(105)90-46-14-30-62-106(90)134)119(133-103-59-27-11-43-87(103)88-44-12-28-60-104(88)133)115(111)129-95-51-19-3-35-79(95)80-36-4-20-52-96(80)129)67-69-77(73)78-70-68-76(72-74(78)2)128-125(139)113-114(126(128)140)118(132-101-57-25-9-41-85(101)86-42-10-26-58-102(86)132)122(136-109-65-33-17-49-93(109)94-50-18-34-66-110(94)136)121(135-107-63-31-15-47-91(107)92-48-16-32-64-108(92)135)117(113)131-99-55-23-7-39-83(99)84-40-8-24-56-100(84)131/h3-72H,1-2H3. The lowest BCUT2D eigenvalue weighted by atomic mass is 9.95. The summed E-state index contributed by atoms with van der Waals surface area (Å²) in [6, 6.07) is 147. The van der Waals surface area contributed by atoms with E-state index in [1.165, 1.54) is 9.80 Å². The zero-order valence-corrected chi connectivity index (χ0v) is 75.5. The van der Waals surface area contributed by atoms with Crippen LogP contribution in [0.25, 0.3) is 231 Å². The van der Waals surface area contributed by atoms with Gasteiger partial charge in [-0.05, 0) is 157 Å². The number of fused-ring (bicyclic) bond motifs is 26. The number of aryl methyl sites for hydroxylation is 2. The molecule has 0 aliphatic carbocycles. The summed E-state index contributed by atoms with van der Waals surface area (Å²) < 4.78 is 18.5. The molecule has 0 bridgehead atoms. The van der Waals surface area contributed by atoms with Gasteiger partial charge in [0, 0.05) is 86.2 Å². The molecular formula is C126H76N10O4. The van der Waals surface area contributed by atoms with Crippen molar-refractivity contribution < 1.29 is 19.2 Å². The molecular weight excluding hydrogens is 1720 g/mol. The largest absolute Gasteiger partial charge is 0.306 e. The molecule has 0 atom stereocenters. The highest BCUT2D eigenvalue weighted by Gasteiger charge is 2.50. The Morgan fingerprint density at radius 3 is 0.393 bits per heavy atom. The Bertz CT molecular complexity index is 8970. The van der Waals surface area contributed by atoms with Gasteiger partial charge in [-0.1, -0.05) is 303 Å². The van der Waals surface area contributed by atoms with Crippen LogP contribution in [0, 0.1) is 13.8 Å². The minimum atomic E-state index is -0.500. The third-order valence-corrected chi connectivity index (χ3v) is 30.1. The predicted molar refractivity (Wildman–Crippen MR) is 571 cm³/mol. The number of carbonyl (C=O) groups excluding carboxylic acids is 4. The molecule has 8 aromatic heterocycles. The van der Waals surface area contributed by atoms with Crippen molar-refractivity contribution in [2.45, 2.75) is 13.8 Å². The number of nitrogens with zero attached hydrogens (tertiary/aromatic N) is 10. The Hall–Kier alpha value is -18.9. The Balaban J connectivity index is 0.659. The highest BCUT2D eigenvalue weighted by atomic mass is 16.2. The van der Waals surface area contributed by atoms with E-state index in [9.17, 15) is 0 Å². The van der Waals surface area contributed by atoms with E-state index in [1.54, 1.807) is 0 Å². The number of benzene rings is 20. The highest BCUT2D eigenvalue weighted by molar-refractivity contribution is 6.41. The lowest BCUT2D eigenvalue weighted by Crippen LogP contribution is -2.30. The summed E-state index contributed by atoms with van der Waals surface area (Å²) in [5.74, 6) is -2.00. The fourth-order valence-electron chi connectivity index (χ4n) is 24.5. The Morgan fingerprint density at radius 2 is 0.264 bits per heavy atom. The molecule has 14 heteroatoms. The van der Waals surface area contributed by atoms with Gasteiger partial charge in [0.25, 0.3) is 23.6 Å². The first-order chi connectivity index (χ1) is 69.1. The molecule has 10 heterocycles. The predicted octanol–water partition coefficient (Wildman–Crippen LogP) is 30.3. The molecule has 30 rings (SSSR count). The number of rotatable bonds is 11. The average molecular weight is 1790 g/mol. The fraction of sp³-hybridized carbons (Fsp3) is 0.0159. The van der Waals surface area contributed by atoms with Crippen LogP contribution in [0.2, 0.25) is 0 Å². The molecule has 0 unspecified atom stereocenters. The Morgan fingerprint density at radius 1 is 0.143 bits per heavy atom. The van der Waals surface area contributed by atoms with Gasteiger partial charge in [0.1, 0.15) is 0 Å². The van der Waals surface area contributed by atoms with Crippen LogP contribution in [0.5, 0.6) is 0 Å². The molecule has 2 aliphatic rings. The molecule has 0 N–H and O–H groups in total. The van der Waals surface area contributed by atoms with E-state index >= 15 is 19.2 Å². The summed E-state index contributed by atoms with van der Waals surface area (Å²) in [4.78, 5) is 74.5. The number of para-hydroxylation sites is 16. The summed E-state index contributed by atoms with van der Waals surface area (Å²) in [6.07, 6.45) is 0. The second-order valence-corrected chi connectivity index (χ2v) is 37.1. The summed E-state index contributed by atoms with van der Waals surface area (Å²) in [5.41, 5.74) is 23.7. The third kappa shape index (κ3) is 10.2. The van der Waals surface area contributed by atoms with Crippen LogP contribution in [0.3, 0.4) is 0 Å². The van der Waals surface area contributed by atoms with Crippen molar-refractivity contribution >= 4 is 209 Å². The molecule has 0 fully saturated rings. The molecule has 654 valence electrons. The van der Waals surface area contributed by atoms with Crippen molar-refractivity contribution in [2.75, 3.05) is 9.80 Å². The van der Waals surface area contributed by atoms with E-state index in [2.05, 4.69) is 425 Å². The minimum Gasteiger partial charge on any atom is -0.306 e. The normalized spacial score (nSPS) is 13.1. The topological polar surface area (TPSA) is 114 Å². The average Bonchev–Trinajstić information content (AvgIpc) is 1.51. The summed E-state index contributed by atoms with van der Waals surface area (Å²) in [7, 11) is 0. The molecule has 0 saturated heterocycles. The van der Waals surface area contributed by atoms with Crippen LogP contribution in [0.4, 0.5) is 11.4 Å². The lowest BCUT2D eigenvalue weighted by Gasteiger charge is -2.28. The van der Waals surface area contributed by atoms with E-state index in [-0.39, 0.29) is 22.3 Å². The number of hydrogen-bond donors (Lipinski definition) is 0. The third-order valence-electron chi connectivity index (χ3n) is 30.1. The zero-order valence-electron chi connectivity index (χ0n) is 75.5. The van der Waals surface area contributed by atoms with E-state index in [0.29, 0.717) is 56.9 Å². The molecule has 14 nitrogen and oxygen atoms in total. The van der Waals surface area contributed by atoms with Crippen molar-refractivity contribution in [3.8, 4) is 56.6 Å². The Kier molecular flexibility index (Phi) is 16.0. The number of carbonyl (C=O) groups is 4. The monoisotopic (exact) mass is 1790 g/mol. The van der Waals surface area contributed by atoms with Gasteiger partial charge < -0.3 is 36.5 Å². The summed E-state index contributed by atoms with van der Waals surface area (Å²) in [6.45, 7) is 4.05. The molecule has 140 heavy (non-hydrogen) atoms. The van der Waals surface area contributed by atoms with E-state index < -0.39 is 23.6 Å². The van der Waals surface area contributed by atoms with Gasteiger partial charge >= 0.3 is 0 Å². The van der Waals surface area contributed by atoms with Crippen LogP contribution < -0.4 is 9.80 Å². The SMILES string of the molecule is Cc1cc(N2C(=O)c3c(c(-n4c5ccccc5c5ccccc54)c(-n4c5ccccc5c5ccccc54)c(-n4c5ccccc5c5ccccc54)c3-n3c4ccccc4c4ccccc43)C2=O)ccc1-c1ccc(N2C(=O)c3c(c(-n4c5ccccc5c5ccccc54)c(-n4c5ccccc5c5ccccc54)c(-n4c5ccccc5c5ccccc54)c3-n3c4ccccc4c4ccccc43)C2=O)cc1C. The van der Waals surface area contributed by atoms with Crippen LogP contribution >= 0.6 is 0 Å². The van der Waals surface area contributed by atoms with Crippen LogP contribution in [-0.4, -0.2) is 60.2 Å². The maximum absolute atomic E-state index is 17.9. The van der Waals surface area contributed by atoms with Gasteiger partial charge in [0.15, 0.2) is 0 Å². The van der Waals surface area contributed by atoms with Gasteiger partial charge in [-0.25, -0.2) is 9.80 Å². The van der Waals surface area contributed by atoms with Crippen LogP contribution in [0.1, 0.15) is 52.6 Å². The van der Waals surface area contributed by atoms with E-state index in [1.807, 2.05) is 50.2 Å². The quantitative estimate of drug-likeness (QED) is 0.120. The first kappa shape index (κ1) is 77.5. The molecule has 0 saturated carbocycles. The van der Waals surface area contributed by atoms with Crippen molar-refractivity contribution in [1.82, 2.24) is 36.5 Å². The molecule has 20 aromatic carbocycles. The van der Waals surface area contributed by atoms with Crippen molar-refractivity contribution in [2.24, 2.45) is 0 Å². The summed E-state index contributed by atoms with van der Waals surface area (Å²) in [5, 5.41) is 16.0. The molecule has 0 radical (unpaired) electrons. The van der Waals surface area contributed by atoms with Crippen molar-refractivity contribution in [3.63, 3.8) is 0 Å². The zero-order chi connectivity index (χ0) is 92.4. The van der Waals surface area contributed by atoms with Crippen LogP contribution in [-0.2, 0) is 0 Å².